The SMILES string of the molecule is CC1=CC[C@@H]2C(=O)N(c3ccccc3C(=O)Nc3ccc(C(=O)O)cc3)C(=O)[C@@H]2C1. The lowest BCUT2D eigenvalue weighted by Crippen LogP contribution is -2.33. The van der Waals surface area contributed by atoms with E-state index in [0.717, 1.165) is 10.5 Å². The van der Waals surface area contributed by atoms with Crippen LogP contribution < -0.4 is 10.2 Å². The molecule has 1 saturated heterocycles. The molecule has 3 amide bonds. The van der Waals surface area contributed by atoms with Gasteiger partial charge < -0.3 is 10.4 Å². The number of imide groups is 1. The van der Waals surface area contributed by atoms with Crippen molar-refractivity contribution in [1.82, 2.24) is 0 Å². The average Bonchev–Trinajstić information content (AvgIpc) is 2.98. The van der Waals surface area contributed by atoms with Crippen molar-refractivity contribution >= 4 is 35.1 Å². The first-order chi connectivity index (χ1) is 14.4. The molecule has 0 radical (unpaired) electrons. The van der Waals surface area contributed by atoms with Crippen molar-refractivity contribution in [2.75, 3.05) is 10.2 Å². The molecular weight excluding hydrogens is 384 g/mol. The van der Waals surface area contributed by atoms with E-state index < -0.39 is 11.9 Å². The molecule has 1 aliphatic carbocycles. The molecule has 0 unspecified atom stereocenters. The summed E-state index contributed by atoms with van der Waals surface area (Å²) in [6.07, 6.45) is 3.08. The highest BCUT2D eigenvalue weighted by Gasteiger charge is 2.49. The van der Waals surface area contributed by atoms with E-state index in [1.165, 1.54) is 24.3 Å². The van der Waals surface area contributed by atoms with Crippen LogP contribution in [0.3, 0.4) is 0 Å². The number of hydrogen-bond acceptors (Lipinski definition) is 4. The minimum Gasteiger partial charge on any atom is -0.478 e. The molecule has 0 spiro atoms. The van der Waals surface area contributed by atoms with E-state index in [2.05, 4.69) is 5.32 Å². The van der Waals surface area contributed by atoms with Crippen LogP contribution in [-0.2, 0) is 9.59 Å². The summed E-state index contributed by atoms with van der Waals surface area (Å²) >= 11 is 0. The molecule has 152 valence electrons. The number of anilines is 2. The molecule has 0 aromatic heterocycles. The number of hydrogen-bond donors (Lipinski definition) is 2. The Balaban J connectivity index is 1.61. The molecule has 1 fully saturated rings. The Morgan fingerprint density at radius 2 is 1.67 bits per heavy atom. The largest absolute Gasteiger partial charge is 0.478 e. The molecule has 30 heavy (non-hydrogen) atoms. The third kappa shape index (κ3) is 3.39. The summed E-state index contributed by atoms with van der Waals surface area (Å²) < 4.78 is 0. The normalized spacial score (nSPS) is 20.6. The van der Waals surface area contributed by atoms with E-state index in [1.54, 1.807) is 24.3 Å². The van der Waals surface area contributed by atoms with Crippen LogP contribution in [0.1, 0.15) is 40.5 Å². The molecule has 2 N–H and O–H groups in total. The number of allylic oxidation sites excluding steroid dienone is 2. The zero-order valence-corrected chi connectivity index (χ0v) is 16.3. The summed E-state index contributed by atoms with van der Waals surface area (Å²) in [5.74, 6) is -2.87. The Morgan fingerprint density at radius 1 is 1.00 bits per heavy atom. The van der Waals surface area contributed by atoms with Crippen LogP contribution in [0.25, 0.3) is 0 Å². The van der Waals surface area contributed by atoms with E-state index in [4.69, 9.17) is 5.11 Å². The zero-order valence-electron chi connectivity index (χ0n) is 16.3. The van der Waals surface area contributed by atoms with Crippen molar-refractivity contribution in [2.45, 2.75) is 19.8 Å². The molecule has 1 aliphatic heterocycles. The molecule has 4 rings (SSSR count). The Kier molecular flexibility index (Phi) is 4.95. The standard InChI is InChI=1S/C23H20N2O5/c1-13-6-11-16-18(12-13)22(28)25(21(16)27)19-5-3-2-4-17(19)20(26)24-15-9-7-14(8-10-15)23(29)30/h2-10,16,18H,11-12H2,1H3,(H,24,26)(H,29,30)/t16-,18+/m0/s1. The second kappa shape index (κ2) is 7.59. The van der Waals surface area contributed by atoms with Gasteiger partial charge >= 0.3 is 5.97 Å². The molecular formula is C23H20N2O5. The minimum atomic E-state index is -1.06. The summed E-state index contributed by atoms with van der Waals surface area (Å²) in [4.78, 5) is 51.0. The molecule has 0 saturated carbocycles. The second-order valence-electron chi connectivity index (χ2n) is 7.57. The summed E-state index contributed by atoms with van der Waals surface area (Å²) in [5, 5.41) is 11.7. The number of carboxylic acid groups (broad SMARTS) is 1. The summed E-state index contributed by atoms with van der Waals surface area (Å²) in [5.41, 5.74) is 2.07. The fourth-order valence-electron chi connectivity index (χ4n) is 4.03. The lowest BCUT2D eigenvalue weighted by atomic mass is 9.82. The maximum Gasteiger partial charge on any atom is 0.335 e. The first kappa shape index (κ1) is 19.6. The minimum absolute atomic E-state index is 0.105. The Hall–Kier alpha value is -3.74. The summed E-state index contributed by atoms with van der Waals surface area (Å²) in [6, 6.07) is 12.2. The lowest BCUT2D eigenvalue weighted by molar-refractivity contribution is -0.122. The van der Waals surface area contributed by atoms with Crippen LogP contribution in [0.15, 0.2) is 60.2 Å². The fraction of sp³-hybridized carbons (Fsp3) is 0.217. The molecule has 1 heterocycles. The quantitative estimate of drug-likeness (QED) is 0.600. The van der Waals surface area contributed by atoms with Gasteiger partial charge in [-0.15, -0.1) is 0 Å². The molecule has 7 nitrogen and oxygen atoms in total. The summed E-state index contributed by atoms with van der Waals surface area (Å²) in [7, 11) is 0. The van der Waals surface area contributed by atoms with Crippen molar-refractivity contribution in [3.8, 4) is 0 Å². The smallest absolute Gasteiger partial charge is 0.335 e. The third-order valence-corrected chi connectivity index (χ3v) is 5.60. The topological polar surface area (TPSA) is 104 Å². The number of nitrogens with one attached hydrogen (secondary N) is 1. The molecule has 7 heteroatoms. The van der Waals surface area contributed by atoms with Crippen LogP contribution in [0, 0.1) is 11.8 Å². The van der Waals surface area contributed by atoms with Gasteiger partial charge in [0.25, 0.3) is 5.91 Å². The Morgan fingerprint density at radius 3 is 2.37 bits per heavy atom. The molecule has 2 aromatic rings. The van der Waals surface area contributed by atoms with E-state index in [9.17, 15) is 19.2 Å². The van der Waals surface area contributed by atoms with E-state index >= 15 is 0 Å². The van der Waals surface area contributed by atoms with Crippen LogP contribution in [-0.4, -0.2) is 28.8 Å². The van der Waals surface area contributed by atoms with Crippen LogP contribution >= 0.6 is 0 Å². The monoisotopic (exact) mass is 404 g/mol. The average molecular weight is 404 g/mol. The van der Waals surface area contributed by atoms with E-state index in [1.807, 2.05) is 13.0 Å². The number of para-hydroxylation sites is 1. The number of carbonyl (C=O) groups is 4. The van der Waals surface area contributed by atoms with Gasteiger partial charge in [-0.1, -0.05) is 23.8 Å². The van der Waals surface area contributed by atoms with Crippen molar-refractivity contribution in [2.24, 2.45) is 11.8 Å². The number of amides is 3. The van der Waals surface area contributed by atoms with Gasteiger partial charge in [-0.2, -0.15) is 0 Å². The molecule has 2 aliphatic rings. The first-order valence-corrected chi connectivity index (χ1v) is 9.64. The maximum atomic E-state index is 13.0. The van der Waals surface area contributed by atoms with Crippen molar-refractivity contribution in [3.05, 3.63) is 71.3 Å². The van der Waals surface area contributed by atoms with Crippen LogP contribution in [0.4, 0.5) is 11.4 Å². The predicted octanol–water partition coefficient (Wildman–Crippen LogP) is 3.48. The van der Waals surface area contributed by atoms with Gasteiger partial charge in [0.15, 0.2) is 0 Å². The number of carbonyl (C=O) groups excluding carboxylic acids is 3. The fourth-order valence-corrected chi connectivity index (χ4v) is 4.03. The predicted molar refractivity (Wildman–Crippen MR) is 110 cm³/mol. The van der Waals surface area contributed by atoms with Gasteiger partial charge in [0, 0.05) is 5.69 Å². The second-order valence-corrected chi connectivity index (χ2v) is 7.57. The highest BCUT2D eigenvalue weighted by Crippen LogP contribution is 2.40. The lowest BCUT2D eigenvalue weighted by Gasteiger charge is -2.19. The summed E-state index contributed by atoms with van der Waals surface area (Å²) in [6.45, 7) is 1.95. The van der Waals surface area contributed by atoms with Gasteiger partial charge in [0.2, 0.25) is 11.8 Å². The van der Waals surface area contributed by atoms with E-state index in [0.29, 0.717) is 18.5 Å². The first-order valence-electron chi connectivity index (χ1n) is 9.64. The Bertz CT molecular complexity index is 1090. The van der Waals surface area contributed by atoms with Gasteiger partial charge in [-0.25, -0.2) is 9.69 Å². The number of benzene rings is 2. The number of nitrogens with zero attached hydrogens (tertiary/aromatic N) is 1. The van der Waals surface area contributed by atoms with Crippen LogP contribution in [0.2, 0.25) is 0 Å². The number of rotatable bonds is 4. The third-order valence-electron chi connectivity index (χ3n) is 5.60. The van der Waals surface area contributed by atoms with Gasteiger partial charge in [-0.3, -0.25) is 14.4 Å². The van der Waals surface area contributed by atoms with Crippen LogP contribution in [0.5, 0.6) is 0 Å². The van der Waals surface area contributed by atoms with Crippen molar-refractivity contribution < 1.29 is 24.3 Å². The number of fused-ring (bicyclic) bond motifs is 1. The molecule has 2 aromatic carbocycles. The highest BCUT2D eigenvalue weighted by atomic mass is 16.4. The van der Waals surface area contributed by atoms with Gasteiger partial charge in [0.1, 0.15) is 0 Å². The van der Waals surface area contributed by atoms with Gasteiger partial charge in [0.05, 0.1) is 28.7 Å². The van der Waals surface area contributed by atoms with Crippen molar-refractivity contribution in [3.63, 3.8) is 0 Å². The highest BCUT2D eigenvalue weighted by molar-refractivity contribution is 6.25. The van der Waals surface area contributed by atoms with E-state index in [-0.39, 0.29) is 40.5 Å². The van der Waals surface area contributed by atoms with Gasteiger partial charge in [-0.05, 0) is 56.2 Å². The zero-order chi connectivity index (χ0) is 21.4. The van der Waals surface area contributed by atoms with Crippen molar-refractivity contribution in [1.29, 1.82) is 0 Å². The molecule has 0 bridgehead atoms. The Labute approximate surface area is 173 Å². The molecule has 2 atom stereocenters. The number of carboxylic acids is 1. The number of aromatic carboxylic acids is 1. The maximum absolute atomic E-state index is 13.0.